The van der Waals surface area contributed by atoms with E-state index < -0.39 is 0 Å². The van der Waals surface area contributed by atoms with Crippen LogP contribution in [0, 0.1) is 0 Å². The molecular weight excluding hydrogens is 223 g/mol. The molecule has 0 aromatic rings. The van der Waals surface area contributed by atoms with E-state index in [4.69, 9.17) is 11.6 Å². The summed E-state index contributed by atoms with van der Waals surface area (Å²) in [6.45, 7) is 6.64. The number of alkyl halides is 1. The van der Waals surface area contributed by atoms with Gasteiger partial charge in [0.2, 0.25) is 5.91 Å². The molecule has 2 N–H and O–H groups in total. The summed E-state index contributed by atoms with van der Waals surface area (Å²) in [4.78, 5) is 11.6. The van der Waals surface area contributed by atoms with Gasteiger partial charge in [0.1, 0.15) is 0 Å². The van der Waals surface area contributed by atoms with Gasteiger partial charge in [-0.25, -0.2) is 0 Å². The maximum atomic E-state index is 11.6. The summed E-state index contributed by atoms with van der Waals surface area (Å²) in [7, 11) is 0. The van der Waals surface area contributed by atoms with Gasteiger partial charge in [-0.3, -0.25) is 4.79 Å². The van der Waals surface area contributed by atoms with Crippen molar-refractivity contribution < 1.29 is 4.79 Å². The minimum absolute atomic E-state index is 0. The monoisotopic (exact) mass is 240 g/mol. The minimum Gasteiger partial charge on any atom is -0.350 e. The summed E-state index contributed by atoms with van der Waals surface area (Å²) in [5, 5.41) is 6.10. The summed E-state index contributed by atoms with van der Waals surface area (Å²) in [6, 6.07) is -0.110. The molecule has 5 heteroatoms. The standard InChI is InChI=1S/C9H17ClN2O.ClH/c1-9(2,3)12-8(13)7-4-6(10)5-11-7;/h6-7,11H,4-5H2,1-3H3,(H,12,13);1H/t6?,7-;/m0./s1. The molecule has 0 bridgehead atoms. The number of rotatable bonds is 1. The number of halogens is 2. The Labute approximate surface area is 96.4 Å². The zero-order valence-electron chi connectivity index (χ0n) is 8.76. The molecule has 0 aromatic heterocycles. The summed E-state index contributed by atoms with van der Waals surface area (Å²) < 4.78 is 0. The van der Waals surface area contributed by atoms with Crippen LogP contribution in [-0.4, -0.2) is 29.4 Å². The zero-order valence-corrected chi connectivity index (χ0v) is 10.3. The van der Waals surface area contributed by atoms with Crippen LogP contribution in [0.25, 0.3) is 0 Å². The average molecular weight is 241 g/mol. The molecular formula is C9H18Cl2N2O. The van der Waals surface area contributed by atoms with E-state index in [9.17, 15) is 4.79 Å². The van der Waals surface area contributed by atoms with Crippen LogP contribution in [0.15, 0.2) is 0 Å². The minimum atomic E-state index is -0.164. The van der Waals surface area contributed by atoms with Crippen LogP contribution in [0.2, 0.25) is 0 Å². The highest BCUT2D eigenvalue weighted by Crippen LogP contribution is 2.13. The van der Waals surface area contributed by atoms with E-state index in [1.807, 2.05) is 20.8 Å². The average Bonchev–Trinajstić information content (AvgIpc) is 2.31. The Balaban J connectivity index is 0.00000169. The fraction of sp³-hybridized carbons (Fsp3) is 0.889. The Morgan fingerprint density at radius 2 is 2.07 bits per heavy atom. The first-order valence-electron chi connectivity index (χ1n) is 4.58. The Morgan fingerprint density at radius 1 is 1.50 bits per heavy atom. The normalized spacial score (nSPS) is 26.9. The third kappa shape index (κ3) is 4.49. The van der Waals surface area contributed by atoms with E-state index in [0.717, 1.165) is 13.0 Å². The molecule has 14 heavy (non-hydrogen) atoms. The predicted octanol–water partition coefficient (Wildman–Crippen LogP) is 1.29. The van der Waals surface area contributed by atoms with Crippen molar-refractivity contribution in [2.24, 2.45) is 0 Å². The lowest BCUT2D eigenvalue weighted by atomic mass is 10.1. The van der Waals surface area contributed by atoms with Crippen molar-refractivity contribution in [1.29, 1.82) is 0 Å². The Hall–Kier alpha value is 0.01000. The number of nitrogens with one attached hydrogen (secondary N) is 2. The van der Waals surface area contributed by atoms with Crippen molar-refractivity contribution in [1.82, 2.24) is 10.6 Å². The summed E-state index contributed by atoms with van der Waals surface area (Å²) in [5.74, 6) is 0.0515. The van der Waals surface area contributed by atoms with Gasteiger partial charge in [-0.15, -0.1) is 24.0 Å². The second-order valence-electron chi connectivity index (χ2n) is 4.53. The van der Waals surface area contributed by atoms with Crippen molar-refractivity contribution in [3.63, 3.8) is 0 Å². The highest BCUT2D eigenvalue weighted by molar-refractivity contribution is 6.21. The Morgan fingerprint density at radius 3 is 2.43 bits per heavy atom. The number of carbonyl (C=O) groups is 1. The lowest BCUT2D eigenvalue weighted by molar-refractivity contribution is -0.124. The van der Waals surface area contributed by atoms with Gasteiger partial charge < -0.3 is 10.6 Å². The summed E-state index contributed by atoms with van der Waals surface area (Å²) >= 11 is 5.88. The first-order valence-corrected chi connectivity index (χ1v) is 5.01. The summed E-state index contributed by atoms with van der Waals surface area (Å²) in [5.41, 5.74) is -0.164. The smallest absolute Gasteiger partial charge is 0.237 e. The van der Waals surface area contributed by atoms with Crippen LogP contribution in [0.5, 0.6) is 0 Å². The second-order valence-corrected chi connectivity index (χ2v) is 5.15. The first kappa shape index (κ1) is 14.0. The van der Waals surface area contributed by atoms with Crippen LogP contribution in [0.3, 0.4) is 0 Å². The molecule has 1 aliphatic rings. The third-order valence-electron chi connectivity index (χ3n) is 1.89. The van der Waals surface area contributed by atoms with Gasteiger partial charge in [0.25, 0.3) is 0 Å². The van der Waals surface area contributed by atoms with Crippen molar-refractivity contribution in [2.45, 2.75) is 44.1 Å². The van der Waals surface area contributed by atoms with Crippen LogP contribution < -0.4 is 10.6 Å². The first-order chi connectivity index (χ1) is 5.88. The summed E-state index contributed by atoms with van der Waals surface area (Å²) in [6.07, 6.45) is 0.726. The van der Waals surface area contributed by atoms with Gasteiger partial charge in [0.15, 0.2) is 0 Å². The van der Waals surface area contributed by atoms with Gasteiger partial charge in [-0.2, -0.15) is 0 Å². The molecule has 1 unspecified atom stereocenters. The van der Waals surface area contributed by atoms with Gasteiger partial charge in [-0.1, -0.05) is 0 Å². The molecule has 3 nitrogen and oxygen atoms in total. The van der Waals surface area contributed by atoms with Crippen molar-refractivity contribution in [2.75, 3.05) is 6.54 Å². The van der Waals surface area contributed by atoms with Crippen molar-refractivity contribution in [3.8, 4) is 0 Å². The molecule has 1 aliphatic heterocycles. The molecule has 1 heterocycles. The van der Waals surface area contributed by atoms with E-state index in [0.29, 0.717) is 0 Å². The highest BCUT2D eigenvalue weighted by Gasteiger charge is 2.29. The molecule has 1 fully saturated rings. The lowest BCUT2D eigenvalue weighted by Gasteiger charge is -2.22. The highest BCUT2D eigenvalue weighted by atomic mass is 35.5. The maximum Gasteiger partial charge on any atom is 0.237 e. The quantitative estimate of drug-likeness (QED) is 0.679. The lowest BCUT2D eigenvalue weighted by Crippen LogP contribution is -2.48. The van der Waals surface area contributed by atoms with E-state index in [1.165, 1.54) is 0 Å². The molecule has 0 aromatic carbocycles. The van der Waals surface area contributed by atoms with Crippen molar-refractivity contribution in [3.05, 3.63) is 0 Å². The number of carbonyl (C=O) groups excluding carboxylic acids is 1. The topological polar surface area (TPSA) is 41.1 Å². The Kier molecular flexibility index (Phi) is 5.20. The van der Waals surface area contributed by atoms with Crippen LogP contribution in [0.1, 0.15) is 27.2 Å². The van der Waals surface area contributed by atoms with Crippen LogP contribution in [0.4, 0.5) is 0 Å². The van der Waals surface area contributed by atoms with Crippen LogP contribution in [-0.2, 0) is 4.79 Å². The molecule has 2 atom stereocenters. The number of amides is 1. The molecule has 0 radical (unpaired) electrons. The predicted molar refractivity (Wildman–Crippen MR) is 61.2 cm³/mol. The molecule has 0 spiro atoms. The third-order valence-corrected chi connectivity index (χ3v) is 2.22. The van der Waals surface area contributed by atoms with E-state index in [2.05, 4.69) is 10.6 Å². The molecule has 1 amide bonds. The SMILES string of the molecule is CC(C)(C)NC(=O)[C@@H]1CC(Cl)CN1.Cl. The molecule has 84 valence electrons. The number of hydrogen-bond acceptors (Lipinski definition) is 2. The fourth-order valence-electron chi connectivity index (χ4n) is 1.35. The second kappa shape index (κ2) is 5.19. The van der Waals surface area contributed by atoms with E-state index in [1.54, 1.807) is 0 Å². The fourth-order valence-corrected chi connectivity index (χ4v) is 1.62. The van der Waals surface area contributed by atoms with E-state index >= 15 is 0 Å². The van der Waals surface area contributed by atoms with Gasteiger partial charge in [0.05, 0.1) is 6.04 Å². The molecule has 0 aliphatic carbocycles. The van der Waals surface area contributed by atoms with Gasteiger partial charge in [0, 0.05) is 17.5 Å². The molecule has 1 rings (SSSR count). The molecule has 0 saturated carbocycles. The zero-order chi connectivity index (χ0) is 10.1. The molecule has 1 saturated heterocycles. The van der Waals surface area contributed by atoms with Gasteiger partial charge >= 0.3 is 0 Å². The Bertz CT molecular complexity index is 203. The van der Waals surface area contributed by atoms with Crippen molar-refractivity contribution >= 4 is 29.9 Å². The largest absolute Gasteiger partial charge is 0.350 e. The van der Waals surface area contributed by atoms with Gasteiger partial charge in [-0.05, 0) is 27.2 Å². The van der Waals surface area contributed by atoms with Crippen LogP contribution >= 0.6 is 24.0 Å². The number of hydrogen-bond donors (Lipinski definition) is 2. The van der Waals surface area contributed by atoms with E-state index in [-0.39, 0.29) is 35.3 Å². The maximum absolute atomic E-state index is 11.6.